The quantitative estimate of drug-likeness (QED) is 0.796. The van der Waals surface area contributed by atoms with Gasteiger partial charge >= 0.3 is 0 Å². The number of amides is 1. The number of aromatic nitrogens is 3. The number of carbonyl (C=O) groups is 1. The van der Waals surface area contributed by atoms with Crippen LogP contribution in [0, 0.1) is 0 Å². The van der Waals surface area contributed by atoms with Crippen LogP contribution in [-0.2, 0) is 11.2 Å². The fourth-order valence-electron chi connectivity index (χ4n) is 3.74. The molecule has 4 rings (SSSR count). The van der Waals surface area contributed by atoms with Gasteiger partial charge in [-0.05, 0) is 61.6 Å². The Morgan fingerprint density at radius 3 is 2.68 bits per heavy atom. The first-order valence-corrected chi connectivity index (χ1v) is 8.89. The standard InChI is InChI=1S/C20H22N4O/c25-19(14-15-7-11-21-12-8-15)23-17-3-5-18(6-4-17)24-13-9-16-2-1-10-22-20(16)24/h1-2,7-13,17-18H,3-6,14H2,(H,23,25). The molecule has 3 aromatic heterocycles. The summed E-state index contributed by atoms with van der Waals surface area (Å²) < 4.78 is 2.30. The summed E-state index contributed by atoms with van der Waals surface area (Å²) in [6.07, 6.45) is 12.0. The fourth-order valence-corrected chi connectivity index (χ4v) is 3.74. The zero-order valence-corrected chi connectivity index (χ0v) is 14.1. The van der Waals surface area contributed by atoms with Gasteiger partial charge in [-0.25, -0.2) is 4.98 Å². The minimum Gasteiger partial charge on any atom is -0.353 e. The SMILES string of the molecule is O=C(Cc1ccncc1)NC1CCC(n2ccc3cccnc32)CC1. The van der Waals surface area contributed by atoms with Crippen molar-refractivity contribution < 1.29 is 4.79 Å². The van der Waals surface area contributed by atoms with Crippen LogP contribution >= 0.6 is 0 Å². The number of hydrogen-bond acceptors (Lipinski definition) is 3. The second-order valence-corrected chi connectivity index (χ2v) is 6.74. The number of nitrogens with zero attached hydrogens (tertiary/aromatic N) is 3. The molecule has 0 unspecified atom stereocenters. The van der Waals surface area contributed by atoms with Crippen molar-refractivity contribution in [2.45, 2.75) is 44.2 Å². The van der Waals surface area contributed by atoms with Gasteiger partial charge in [-0.1, -0.05) is 0 Å². The van der Waals surface area contributed by atoms with Crippen LogP contribution in [-0.4, -0.2) is 26.5 Å². The lowest BCUT2D eigenvalue weighted by Crippen LogP contribution is -2.38. The maximum Gasteiger partial charge on any atom is 0.224 e. The lowest BCUT2D eigenvalue weighted by molar-refractivity contribution is -0.121. The first-order valence-electron chi connectivity index (χ1n) is 8.89. The van der Waals surface area contributed by atoms with Gasteiger partial charge in [0.1, 0.15) is 5.65 Å². The predicted octanol–water partition coefficient (Wildman–Crippen LogP) is 3.27. The van der Waals surface area contributed by atoms with E-state index in [9.17, 15) is 4.79 Å². The second-order valence-electron chi connectivity index (χ2n) is 6.74. The van der Waals surface area contributed by atoms with Crippen molar-refractivity contribution in [3.05, 3.63) is 60.7 Å². The summed E-state index contributed by atoms with van der Waals surface area (Å²) >= 11 is 0. The van der Waals surface area contributed by atoms with Crippen LogP contribution < -0.4 is 5.32 Å². The Morgan fingerprint density at radius 2 is 1.88 bits per heavy atom. The van der Waals surface area contributed by atoms with Gasteiger partial charge in [-0.2, -0.15) is 0 Å². The average Bonchev–Trinajstić information content (AvgIpc) is 3.07. The summed E-state index contributed by atoms with van der Waals surface area (Å²) in [5, 5.41) is 4.38. The molecule has 0 spiro atoms. The van der Waals surface area contributed by atoms with Crippen molar-refractivity contribution in [2.75, 3.05) is 0 Å². The molecule has 0 radical (unpaired) electrons. The van der Waals surface area contributed by atoms with E-state index in [1.165, 1.54) is 5.39 Å². The van der Waals surface area contributed by atoms with Crippen LogP contribution in [0.25, 0.3) is 11.0 Å². The number of pyridine rings is 2. The summed E-state index contributed by atoms with van der Waals surface area (Å²) in [5.41, 5.74) is 2.07. The molecule has 25 heavy (non-hydrogen) atoms. The summed E-state index contributed by atoms with van der Waals surface area (Å²) in [6, 6.07) is 10.7. The van der Waals surface area contributed by atoms with Gasteiger partial charge in [0.05, 0.1) is 6.42 Å². The lowest BCUT2D eigenvalue weighted by atomic mass is 9.91. The molecule has 0 saturated heterocycles. The highest BCUT2D eigenvalue weighted by Crippen LogP contribution is 2.31. The molecule has 1 saturated carbocycles. The van der Waals surface area contributed by atoms with Gasteiger partial charge in [-0.3, -0.25) is 9.78 Å². The van der Waals surface area contributed by atoms with Gasteiger partial charge in [0.15, 0.2) is 0 Å². The first-order chi connectivity index (χ1) is 12.3. The van der Waals surface area contributed by atoms with Crippen LogP contribution in [0.3, 0.4) is 0 Å². The summed E-state index contributed by atoms with van der Waals surface area (Å²) in [5.74, 6) is 0.0998. The Morgan fingerprint density at radius 1 is 1.08 bits per heavy atom. The molecule has 1 aliphatic rings. The Kier molecular flexibility index (Phi) is 4.46. The van der Waals surface area contributed by atoms with E-state index in [4.69, 9.17) is 0 Å². The average molecular weight is 334 g/mol. The van der Waals surface area contributed by atoms with Crippen molar-refractivity contribution in [1.82, 2.24) is 19.9 Å². The van der Waals surface area contributed by atoms with Crippen LogP contribution in [0.2, 0.25) is 0 Å². The fraction of sp³-hybridized carbons (Fsp3) is 0.350. The van der Waals surface area contributed by atoms with Crippen molar-refractivity contribution >= 4 is 16.9 Å². The molecule has 0 aromatic carbocycles. The summed E-state index contributed by atoms with van der Waals surface area (Å²) in [7, 11) is 0. The monoisotopic (exact) mass is 334 g/mol. The molecule has 1 N–H and O–H groups in total. The number of hydrogen-bond donors (Lipinski definition) is 1. The van der Waals surface area contributed by atoms with Gasteiger partial charge < -0.3 is 9.88 Å². The van der Waals surface area contributed by atoms with E-state index in [0.717, 1.165) is 36.9 Å². The third-order valence-electron chi connectivity index (χ3n) is 5.05. The molecular formula is C20H22N4O. The van der Waals surface area contributed by atoms with Crippen molar-refractivity contribution in [1.29, 1.82) is 0 Å². The normalized spacial score (nSPS) is 20.5. The van der Waals surface area contributed by atoms with Crippen LogP contribution in [0.4, 0.5) is 0 Å². The third kappa shape index (κ3) is 3.55. The minimum atomic E-state index is 0.0998. The highest BCUT2D eigenvalue weighted by molar-refractivity contribution is 5.78. The van der Waals surface area contributed by atoms with E-state index < -0.39 is 0 Å². The van der Waals surface area contributed by atoms with Gasteiger partial charge in [-0.15, -0.1) is 0 Å². The van der Waals surface area contributed by atoms with E-state index in [1.54, 1.807) is 12.4 Å². The van der Waals surface area contributed by atoms with Gasteiger partial charge in [0, 0.05) is 42.3 Å². The molecule has 0 atom stereocenters. The highest BCUT2D eigenvalue weighted by atomic mass is 16.1. The van der Waals surface area contributed by atoms with Gasteiger partial charge in [0.2, 0.25) is 5.91 Å². The Labute approximate surface area is 147 Å². The molecule has 5 heteroatoms. The number of carbonyl (C=O) groups excluding carboxylic acids is 1. The van der Waals surface area contributed by atoms with E-state index in [0.29, 0.717) is 12.5 Å². The van der Waals surface area contributed by atoms with E-state index >= 15 is 0 Å². The zero-order chi connectivity index (χ0) is 17.1. The van der Waals surface area contributed by atoms with Crippen molar-refractivity contribution in [3.63, 3.8) is 0 Å². The Balaban J connectivity index is 1.33. The van der Waals surface area contributed by atoms with Gasteiger partial charge in [0.25, 0.3) is 0 Å². The first kappa shape index (κ1) is 15.8. The highest BCUT2D eigenvalue weighted by Gasteiger charge is 2.24. The smallest absolute Gasteiger partial charge is 0.224 e. The zero-order valence-electron chi connectivity index (χ0n) is 14.1. The molecule has 0 bridgehead atoms. The number of nitrogens with one attached hydrogen (secondary N) is 1. The van der Waals surface area contributed by atoms with Crippen molar-refractivity contribution in [3.8, 4) is 0 Å². The predicted molar refractivity (Wildman–Crippen MR) is 97.1 cm³/mol. The summed E-state index contributed by atoms with van der Waals surface area (Å²) in [4.78, 5) is 20.7. The van der Waals surface area contributed by atoms with E-state index in [2.05, 4.69) is 38.2 Å². The molecule has 1 aliphatic carbocycles. The Bertz CT molecular complexity index is 850. The topological polar surface area (TPSA) is 59.8 Å². The van der Waals surface area contributed by atoms with Crippen LogP contribution in [0.5, 0.6) is 0 Å². The molecule has 1 fully saturated rings. The molecule has 0 aliphatic heterocycles. The van der Waals surface area contributed by atoms with Crippen LogP contribution in [0.1, 0.15) is 37.3 Å². The molecule has 1 amide bonds. The lowest BCUT2D eigenvalue weighted by Gasteiger charge is -2.30. The number of fused-ring (bicyclic) bond motifs is 1. The third-order valence-corrected chi connectivity index (χ3v) is 5.05. The molecule has 128 valence electrons. The molecular weight excluding hydrogens is 312 g/mol. The van der Waals surface area contributed by atoms with Crippen molar-refractivity contribution in [2.24, 2.45) is 0 Å². The largest absolute Gasteiger partial charge is 0.353 e. The Hall–Kier alpha value is -2.69. The maximum absolute atomic E-state index is 12.2. The van der Waals surface area contributed by atoms with Crippen LogP contribution in [0.15, 0.2) is 55.1 Å². The number of rotatable bonds is 4. The summed E-state index contributed by atoms with van der Waals surface area (Å²) in [6.45, 7) is 0. The molecule has 3 heterocycles. The maximum atomic E-state index is 12.2. The van der Waals surface area contributed by atoms with E-state index in [1.807, 2.05) is 24.4 Å². The molecule has 3 aromatic rings. The van der Waals surface area contributed by atoms with E-state index in [-0.39, 0.29) is 11.9 Å². The second kappa shape index (κ2) is 7.05. The minimum absolute atomic E-state index is 0.0998. The molecule has 5 nitrogen and oxygen atoms in total.